The van der Waals surface area contributed by atoms with Crippen LogP contribution in [0.3, 0.4) is 0 Å². The third kappa shape index (κ3) is 38.5. The predicted molar refractivity (Wildman–Crippen MR) is 506 cm³/mol. The van der Waals surface area contributed by atoms with Crippen molar-refractivity contribution in [3.63, 3.8) is 0 Å². The van der Waals surface area contributed by atoms with Crippen molar-refractivity contribution in [3.8, 4) is 17.2 Å². The van der Waals surface area contributed by atoms with Gasteiger partial charge in [-0.05, 0) is 171 Å². The molecule has 3 aromatic carbocycles. The molecule has 9 aliphatic rings. The van der Waals surface area contributed by atoms with Crippen LogP contribution in [-0.2, 0) is 105 Å². The van der Waals surface area contributed by atoms with Crippen molar-refractivity contribution in [2.45, 2.75) is 210 Å². The average Bonchev–Trinajstić information content (AvgIpc) is 1.64. The van der Waals surface area contributed by atoms with Crippen molar-refractivity contribution in [3.05, 3.63) is 149 Å². The van der Waals surface area contributed by atoms with Gasteiger partial charge in [0.15, 0.2) is 53.6 Å². The minimum atomic E-state index is -1.51. The van der Waals surface area contributed by atoms with Crippen LogP contribution >= 0.6 is 0 Å². The second kappa shape index (κ2) is 56.9. The number of aliphatic hydroxyl groups excluding tert-OH is 3. The molecule has 0 aromatic heterocycles. The van der Waals surface area contributed by atoms with Crippen LogP contribution < -0.4 is 60.6 Å². The Balaban J connectivity index is 0.000000241. The molecule has 3 aliphatic carbocycles. The maximum absolute atomic E-state index is 13.9. The molecule has 0 bridgehead atoms. The number of hydrogen-bond acceptors (Lipinski definition) is 29. The van der Waals surface area contributed by atoms with Gasteiger partial charge >= 0.3 is 17.9 Å². The van der Waals surface area contributed by atoms with E-state index in [1.54, 1.807) is 114 Å². The molecule has 14 N–H and O–H groups in total. The van der Waals surface area contributed by atoms with E-state index in [4.69, 9.17) is 58.0 Å². The van der Waals surface area contributed by atoms with E-state index in [-0.39, 0.29) is 86.9 Å². The number of amides is 5. The fourth-order valence-corrected chi connectivity index (χ4v) is 17.1. The Morgan fingerprint density at radius 1 is 0.408 bits per heavy atom. The van der Waals surface area contributed by atoms with Gasteiger partial charge in [0.2, 0.25) is 17.7 Å². The Bertz CT molecular complexity index is 4490. The molecule has 12 rings (SSSR count). The zero-order chi connectivity index (χ0) is 104. The second-order valence-corrected chi connectivity index (χ2v) is 37.6. The topological polar surface area (TPSA) is 584 Å². The van der Waals surface area contributed by atoms with E-state index in [1.165, 1.54) is 21.3 Å². The standard InChI is InChI=1S/C32H44N2O8.2C31H43N3O8.2C4H4O4/c1-21(16-25(35)19-34-12-14-41-15-13-34)31(39)33-28(29(37)23-8-10-26(40-3)11-9-23)27(36)18-24(17-22-6-4-5-7-22)30(38)32(2)20-42-32;2*1-20(32-27(36)18-34-12-14-41-15-13-34)26(35)17-24(28(37)22-8-10-23(40-3)11-9-22)30(39)33-25(16-21-6-4-5-7-21)29(38)31(2)19-42-31;2*5-3(6)1-2-4(7)8/h6,8-11,21,24,28-29,37H,4-5,7,12-20H2,1-3H3,(H,33,39);2*6,8-11,20,24-25,28,37H,4-5,7,12-19H2,1-3H3,(H,32,36)(H,33,39);2*1-2H,(H,5,6)(H,7,8)/p+2/b;;;2*2-1-/t21-,24-,28-,29-,32-;2*20-,24-,25-,28+,31+;;/m000../s1. The fourth-order valence-electron chi connectivity index (χ4n) is 17.1. The highest BCUT2D eigenvalue weighted by Crippen LogP contribution is 2.39. The smallest absolute Gasteiger partial charge is 0.328 e. The molecule has 6 fully saturated rings. The minimum Gasteiger partial charge on any atom is -0.545 e. The van der Waals surface area contributed by atoms with Crippen molar-refractivity contribution in [1.29, 1.82) is 0 Å². The van der Waals surface area contributed by atoms with Crippen LogP contribution in [0.4, 0.5) is 0 Å². The van der Waals surface area contributed by atoms with Crippen LogP contribution in [0.1, 0.15) is 179 Å². The van der Waals surface area contributed by atoms with Crippen molar-refractivity contribution in [2.24, 2.45) is 23.7 Å². The third-order valence-electron chi connectivity index (χ3n) is 26.1. The lowest BCUT2D eigenvalue weighted by Crippen LogP contribution is -3.15. The number of aliphatic hydroxyl groups is 3. The van der Waals surface area contributed by atoms with E-state index in [0.717, 1.165) is 102 Å². The number of carboxylic acid groups (broad SMARTS) is 4. The van der Waals surface area contributed by atoms with Crippen LogP contribution in [0.25, 0.3) is 0 Å². The van der Waals surface area contributed by atoms with Crippen molar-refractivity contribution in [2.75, 3.05) is 140 Å². The summed E-state index contributed by atoms with van der Waals surface area (Å²) in [7, 11) is 4.58. The van der Waals surface area contributed by atoms with Gasteiger partial charge in [0.05, 0.1) is 135 Å². The van der Waals surface area contributed by atoms with E-state index >= 15 is 0 Å². The summed E-state index contributed by atoms with van der Waals surface area (Å²) in [4.78, 5) is 201. The molecule has 142 heavy (non-hydrogen) atoms. The number of hydrogen-bond donors (Lipinski definition) is 14. The number of allylic oxidation sites excluding steroid dienone is 4. The van der Waals surface area contributed by atoms with Gasteiger partial charge in [-0.25, -0.2) is 14.4 Å². The summed E-state index contributed by atoms with van der Waals surface area (Å²) in [6.07, 6.45) is 13.2. The van der Waals surface area contributed by atoms with E-state index in [2.05, 4.69) is 44.8 Å². The highest BCUT2D eigenvalue weighted by molar-refractivity contribution is 6.01. The molecule has 40 nitrogen and oxygen atoms in total. The Morgan fingerprint density at radius 2 is 0.732 bits per heavy atom. The van der Waals surface area contributed by atoms with Gasteiger partial charge < -0.3 is 124 Å². The molecule has 0 unspecified atom stereocenters. The van der Waals surface area contributed by atoms with Crippen LogP contribution in [-0.4, -0.2) is 311 Å². The van der Waals surface area contributed by atoms with Crippen LogP contribution in [0, 0.1) is 23.7 Å². The number of nitrogens with one attached hydrogen (secondary N) is 8. The van der Waals surface area contributed by atoms with Gasteiger partial charge in [-0.2, -0.15) is 0 Å². The van der Waals surface area contributed by atoms with Gasteiger partial charge in [-0.3, -0.25) is 57.5 Å². The van der Waals surface area contributed by atoms with Crippen molar-refractivity contribution < 1.29 is 170 Å². The summed E-state index contributed by atoms with van der Waals surface area (Å²) in [5, 5.41) is 80.9. The number of aliphatic carboxylic acids is 4. The Labute approximate surface area is 825 Å². The van der Waals surface area contributed by atoms with Crippen molar-refractivity contribution in [1.82, 2.24) is 26.6 Å². The average molecular weight is 1990 g/mol. The quantitative estimate of drug-likeness (QED) is 0.0190. The predicted octanol–water partition coefficient (Wildman–Crippen LogP) is -0.620. The monoisotopic (exact) mass is 1990 g/mol. The zero-order valence-corrected chi connectivity index (χ0v) is 82.2. The summed E-state index contributed by atoms with van der Waals surface area (Å²) >= 11 is 0. The number of carboxylic acids is 4. The molecule has 6 aliphatic heterocycles. The fraction of sp³-hybridized carbons (Fsp3) is 0.569. The maximum atomic E-state index is 13.9. The van der Waals surface area contributed by atoms with E-state index in [1.807, 2.05) is 0 Å². The third-order valence-corrected chi connectivity index (χ3v) is 26.1. The number of carbonyl (C=O) groups is 16. The zero-order valence-electron chi connectivity index (χ0n) is 82.2. The molecule has 5 amide bonds. The molecular weight excluding hydrogens is 1850 g/mol. The molecule has 15 atom stereocenters. The number of quaternary nitrogens is 3. The Kier molecular flexibility index (Phi) is 46.3. The summed E-state index contributed by atoms with van der Waals surface area (Å²) in [5.41, 5.74) is 1.83. The molecule has 0 spiro atoms. The Hall–Kier alpha value is -11.8. The summed E-state index contributed by atoms with van der Waals surface area (Å²) in [5.74, 6) is -11.4. The first-order valence-corrected chi connectivity index (χ1v) is 48.2. The van der Waals surface area contributed by atoms with Gasteiger partial charge in [0, 0.05) is 55.7 Å². The van der Waals surface area contributed by atoms with E-state index in [0.29, 0.717) is 156 Å². The second-order valence-electron chi connectivity index (χ2n) is 37.6. The number of benzene rings is 3. The number of morpholine rings is 3. The van der Waals surface area contributed by atoms with Gasteiger partial charge in [0.1, 0.15) is 92.0 Å². The molecule has 778 valence electrons. The summed E-state index contributed by atoms with van der Waals surface area (Å²) in [6.45, 7) is 19.5. The van der Waals surface area contributed by atoms with E-state index < -0.39 is 148 Å². The number of Topliss-reactive ketones (excluding diaryl/α,β-unsaturated/α-hetero) is 7. The Morgan fingerprint density at radius 3 is 1.04 bits per heavy atom. The number of ketones is 7. The molecule has 0 saturated carbocycles. The summed E-state index contributed by atoms with van der Waals surface area (Å²) in [6, 6.07) is 15.1. The van der Waals surface area contributed by atoms with Crippen molar-refractivity contribution >= 4 is 93.9 Å². The minimum absolute atomic E-state index is 0.0285. The summed E-state index contributed by atoms with van der Waals surface area (Å²) < 4.78 is 47.8. The lowest BCUT2D eigenvalue weighted by molar-refractivity contribution is -0.900. The number of epoxide rings is 3. The highest BCUT2D eigenvalue weighted by atomic mass is 16.6. The van der Waals surface area contributed by atoms with Gasteiger partial charge in [-0.15, -0.1) is 0 Å². The lowest BCUT2D eigenvalue weighted by atomic mass is 9.82. The largest absolute Gasteiger partial charge is 0.545 e. The molecular formula is C102H140N8O32+2. The number of rotatable bonds is 50. The number of carbonyl (C=O) groups excluding carboxylic acids is 13. The van der Waals surface area contributed by atoms with Crippen LogP contribution in [0.5, 0.6) is 17.2 Å². The normalized spacial score (nSPS) is 21.7. The molecule has 6 saturated heterocycles. The SMILES string of the molecule is COc1ccc([C@@H](O)[C@H](CC(=O)[C@H](C)NC(=O)C[NH+]2CCOCC2)C(=O)N[C@@H](CC2=CCCC2)C(=O)[C@@]2(C)CO2)cc1.COc1ccc([C@@H](O)[C@H](CC(=O)[C@H](C)NC(=O)C[NH+]2CCOCC2)C(=O)N[C@@H](CC2=CCCC2)C(=O)[C@@]2(C)CO2)cc1.COc1ccc([C@H](O)[C@@H](NC(=O)[C@@H](C)CC(=O)C[NH+]2CCOCC2)C(=O)C[C@H](CC2=CCCC2)C(=O)[C@]2(C)CO2)cc1.O=C(O)/C=C\C(=O)O.O=C([O-])/C=C\C(=O)O. The molecule has 40 heteroatoms. The van der Waals surface area contributed by atoms with Crippen LogP contribution in [0.2, 0.25) is 0 Å². The maximum Gasteiger partial charge on any atom is 0.328 e. The van der Waals surface area contributed by atoms with Gasteiger partial charge in [-0.1, -0.05) is 78.3 Å². The molecule has 6 heterocycles. The lowest BCUT2D eigenvalue weighted by Gasteiger charge is -2.27. The van der Waals surface area contributed by atoms with Gasteiger partial charge in [0.25, 0.3) is 11.8 Å². The number of methoxy groups -OCH3 is 3. The first kappa shape index (κ1) is 115. The first-order chi connectivity index (χ1) is 67.5. The van der Waals surface area contributed by atoms with E-state index in [9.17, 15) is 97.1 Å². The first-order valence-electron chi connectivity index (χ1n) is 48.2. The highest BCUT2D eigenvalue weighted by Gasteiger charge is 2.54. The van der Waals surface area contributed by atoms with Crippen LogP contribution in [0.15, 0.2) is 132 Å². The number of ether oxygens (including phenoxy) is 9. The molecule has 3 aromatic rings. The molecule has 0 radical (unpaired) electrons.